The summed E-state index contributed by atoms with van der Waals surface area (Å²) in [6.07, 6.45) is 0.687. The summed E-state index contributed by atoms with van der Waals surface area (Å²) < 4.78 is 13.6. The van der Waals surface area contributed by atoms with E-state index in [1.54, 1.807) is 6.07 Å². The Hall–Kier alpha value is -2.62. The summed E-state index contributed by atoms with van der Waals surface area (Å²) in [5, 5.41) is 11.2. The van der Waals surface area contributed by atoms with Crippen LogP contribution in [0.3, 0.4) is 0 Å². The molecule has 2 aromatic carbocycles. The van der Waals surface area contributed by atoms with E-state index in [1.165, 1.54) is 17.2 Å². The first-order chi connectivity index (χ1) is 13.0. The van der Waals surface area contributed by atoms with E-state index in [-0.39, 0.29) is 16.6 Å². The molecule has 1 aromatic heterocycles. The smallest absolute Gasteiger partial charge is 0.156 e. The third-order valence-electron chi connectivity index (χ3n) is 5.50. The number of aromatic nitrogens is 2. The summed E-state index contributed by atoms with van der Waals surface area (Å²) in [6, 6.07) is 11.7. The SMILES string of the molecule is CC(C)(C)c1cc(Nc2n[nH]c3c2Cc2cc(F)ccc2-3)cc(C(C)(C)C)c1. The molecule has 0 spiro atoms. The summed E-state index contributed by atoms with van der Waals surface area (Å²) in [4.78, 5) is 0. The van der Waals surface area contributed by atoms with Gasteiger partial charge in [-0.15, -0.1) is 0 Å². The molecule has 0 unspecified atom stereocenters. The zero-order chi connectivity index (χ0) is 20.3. The normalized spacial score (nSPS) is 13.4. The van der Waals surface area contributed by atoms with Gasteiger partial charge >= 0.3 is 0 Å². The lowest BCUT2D eigenvalue weighted by molar-refractivity contribution is 0.569. The minimum atomic E-state index is -0.195. The highest BCUT2D eigenvalue weighted by Crippen LogP contribution is 2.40. The van der Waals surface area contributed by atoms with E-state index >= 15 is 0 Å². The van der Waals surface area contributed by atoms with Crippen LogP contribution in [-0.2, 0) is 17.3 Å². The molecule has 4 heteroatoms. The van der Waals surface area contributed by atoms with E-state index in [0.29, 0.717) is 6.42 Å². The van der Waals surface area contributed by atoms with Crippen molar-refractivity contribution in [2.24, 2.45) is 0 Å². The van der Waals surface area contributed by atoms with Gasteiger partial charge in [-0.2, -0.15) is 5.10 Å². The molecule has 3 nitrogen and oxygen atoms in total. The van der Waals surface area contributed by atoms with Crippen molar-refractivity contribution in [2.75, 3.05) is 5.32 Å². The predicted molar refractivity (Wildman–Crippen MR) is 114 cm³/mol. The highest BCUT2D eigenvalue weighted by molar-refractivity contribution is 5.79. The maximum atomic E-state index is 13.6. The monoisotopic (exact) mass is 377 g/mol. The number of nitrogens with zero attached hydrogens (tertiary/aromatic N) is 1. The molecule has 0 fully saturated rings. The van der Waals surface area contributed by atoms with Gasteiger partial charge < -0.3 is 5.32 Å². The van der Waals surface area contributed by atoms with Crippen LogP contribution in [0.2, 0.25) is 0 Å². The average molecular weight is 378 g/mol. The molecule has 1 aliphatic carbocycles. The van der Waals surface area contributed by atoms with E-state index < -0.39 is 0 Å². The Morgan fingerprint density at radius 2 is 1.57 bits per heavy atom. The average Bonchev–Trinajstić information content (AvgIpc) is 3.12. The molecule has 0 atom stereocenters. The van der Waals surface area contributed by atoms with Crippen molar-refractivity contribution in [3.8, 4) is 11.3 Å². The number of fused-ring (bicyclic) bond motifs is 3. The molecule has 146 valence electrons. The Bertz CT molecular complexity index is 1020. The van der Waals surface area contributed by atoms with Gasteiger partial charge in [0.1, 0.15) is 5.82 Å². The van der Waals surface area contributed by atoms with E-state index in [1.807, 2.05) is 6.07 Å². The molecule has 4 rings (SSSR count). The second-order valence-corrected chi connectivity index (χ2v) is 9.83. The third-order valence-corrected chi connectivity index (χ3v) is 5.50. The van der Waals surface area contributed by atoms with E-state index in [2.05, 4.69) is 75.3 Å². The lowest BCUT2D eigenvalue weighted by atomic mass is 9.80. The molecule has 1 aliphatic rings. The fourth-order valence-electron chi connectivity index (χ4n) is 3.71. The molecular weight excluding hydrogens is 349 g/mol. The molecule has 0 saturated heterocycles. The van der Waals surface area contributed by atoms with Crippen molar-refractivity contribution in [1.29, 1.82) is 0 Å². The molecule has 28 heavy (non-hydrogen) atoms. The number of anilines is 2. The predicted octanol–water partition coefficient (Wildman–Crippen LogP) is 6.46. The Morgan fingerprint density at radius 1 is 0.929 bits per heavy atom. The number of hydrogen-bond donors (Lipinski definition) is 2. The van der Waals surface area contributed by atoms with Crippen molar-refractivity contribution in [2.45, 2.75) is 58.8 Å². The van der Waals surface area contributed by atoms with Crippen LogP contribution in [0.15, 0.2) is 36.4 Å². The molecule has 1 heterocycles. The molecule has 0 radical (unpaired) electrons. The van der Waals surface area contributed by atoms with Gasteiger partial charge in [-0.3, -0.25) is 5.10 Å². The number of benzene rings is 2. The largest absolute Gasteiger partial charge is 0.338 e. The zero-order valence-electron chi connectivity index (χ0n) is 17.5. The molecule has 0 aliphatic heterocycles. The number of H-pyrrole nitrogens is 1. The first-order valence-corrected chi connectivity index (χ1v) is 9.81. The quantitative estimate of drug-likeness (QED) is 0.421. The van der Waals surface area contributed by atoms with Gasteiger partial charge in [0, 0.05) is 23.2 Å². The second kappa shape index (κ2) is 6.20. The van der Waals surface area contributed by atoms with Gasteiger partial charge in [0.2, 0.25) is 0 Å². The minimum Gasteiger partial charge on any atom is -0.338 e. The summed E-state index contributed by atoms with van der Waals surface area (Å²) in [6.45, 7) is 13.4. The number of hydrogen-bond acceptors (Lipinski definition) is 2. The van der Waals surface area contributed by atoms with Crippen LogP contribution >= 0.6 is 0 Å². The van der Waals surface area contributed by atoms with Crippen molar-refractivity contribution in [1.82, 2.24) is 10.2 Å². The van der Waals surface area contributed by atoms with Gasteiger partial charge in [0.05, 0.1) is 5.69 Å². The van der Waals surface area contributed by atoms with Gasteiger partial charge in [-0.05, 0) is 57.9 Å². The van der Waals surface area contributed by atoms with Crippen LogP contribution in [0.4, 0.5) is 15.9 Å². The van der Waals surface area contributed by atoms with Crippen LogP contribution in [0.5, 0.6) is 0 Å². The Morgan fingerprint density at radius 3 is 2.18 bits per heavy atom. The van der Waals surface area contributed by atoms with Gasteiger partial charge in [-0.25, -0.2) is 4.39 Å². The number of halogens is 1. The first kappa shape index (κ1) is 18.7. The highest BCUT2D eigenvalue weighted by atomic mass is 19.1. The van der Waals surface area contributed by atoms with Gasteiger partial charge in [0.25, 0.3) is 0 Å². The van der Waals surface area contributed by atoms with E-state index in [0.717, 1.165) is 33.9 Å². The van der Waals surface area contributed by atoms with Gasteiger partial charge in [0.15, 0.2) is 5.82 Å². The third kappa shape index (κ3) is 3.32. The first-order valence-electron chi connectivity index (χ1n) is 9.81. The van der Waals surface area contributed by atoms with E-state index in [9.17, 15) is 4.39 Å². The lowest BCUT2D eigenvalue weighted by Gasteiger charge is -2.26. The van der Waals surface area contributed by atoms with Crippen molar-refractivity contribution in [3.63, 3.8) is 0 Å². The Balaban J connectivity index is 1.73. The molecule has 0 saturated carbocycles. The number of nitrogens with one attached hydrogen (secondary N) is 2. The maximum Gasteiger partial charge on any atom is 0.156 e. The molecule has 0 bridgehead atoms. The van der Waals surface area contributed by atoms with Crippen molar-refractivity contribution in [3.05, 3.63) is 64.5 Å². The molecule has 0 amide bonds. The second-order valence-electron chi connectivity index (χ2n) is 9.83. The summed E-state index contributed by atoms with van der Waals surface area (Å²) >= 11 is 0. The summed E-state index contributed by atoms with van der Waals surface area (Å²) in [5.74, 6) is 0.622. The zero-order valence-corrected chi connectivity index (χ0v) is 17.5. The van der Waals surface area contributed by atoms with Crippen LogP contribution in [0.25, 0.3) is 11.3 Å². The Labute approximate surface area is 166 Å². The number of rotatable bonds is 2. The fourth-order valence-corrected chi connectivity index (χ4v) is 3.71. The van der Waals surface area contributed by atoms with E-state index in [4.69, 9.17) is 0 Å². The van der Waals surface area contributed by atoms with Gasteiger partial charge in [-0.1, -0.05) is 47.6 Å². The highest BCUT2D eigenvalue weighted by Gasteiger charge is 2.26. The van der Waals surface area contributed by atoms with Crippen molar-refractivity contribution < 1.29 is 4.39 Å². The molecule has 2 N–H and O–H groups in total. The van der Waals surface area contributed by atoms with Crippen LogP contribution < -0.4 is 5.32 Å². The summed E-state index contributed by atoms with van der Waals surface area (Å²) in [7, 11) is 0. The number of aromatic amines is 1. The minimum absolute atomic E-state index is 0.0545. The standard InChI is InChI=1S/C24H28FN3/c1-23(2,3)15-11-16(24(4,5)6)13-18(12-15)26-22-20-10-14-9-17(25)7-8-19(14)21(20)27-28-22/h7-9,11-13H,10H2,1-6H3,(H2,26,27,28). The molecule has 3 aromatic rings. The fraction of sp³-hybridized carbons (Fsp3) is 0.375. The van der Waals surface area contributed by atoms with Crippen LogP contribution in [0, 0.1) is 5.82 Å². The Kier molecular flexibility index (Phi) is 4.14. The topological polar surface area (TPSA) is 40.7 Å². The van der Waals surface area contributed by atoms with Crippen LogP contribution in [-0.4, -0.2) is 10.2 Å². The van der Waals surface area contributed by atoms with Crippen molar-refractivity contribution >= 4 is 11.5 Å². The molecular formula is C24H28FN3. The maximum absolute atomic E-state index is 13.6. The summed E-state index contributed by atoms with van der Waals surface area (Å²) in [5.41, 5.74) is 7.85. The lowest BCUT2D eigenvalue weighted by Crippen LogP contribution is -2.17. The van der Waals surface area contributed by atoms with Crippen LogP contribution in [0.1, 0.15) is 63.8 Å².